The summed E-state index contributed by atoms with van der Waals surface area (Å²) in [6.45, 7) is -1.04. The average molecular weight is 652 g/mol. The molecule has 0 bridgehead atoms. The molecule has 0 saturated carbocycles. The summed E-state index contributed by atoms with van der Waals surface area (Å²) in [5.74, 6) is -4.51. The van der Waals surface area contributed by atoms with Crippen molar-refractivity contribution in [2.45, 2.75) is 49.9 Å². The third-order valence-electron chi connectivity index (χ3n) is 7.23. The molecule has 13 N–H and O–H groups in total. The maximum absolute atomic E-state index is 13.9. The van der Waals surface area contributed by atoms with E-state index in [-0.39, 0.29) is 38.2 Å². The number of rotatable bonds is 18. The minimum atomic E-state index is -1.40. The number of H-pyrrole nitrogens is 1. The van der Waals surface area contributed by atoms with Crippen molar-refractivity contribution >= 4 is 46.5 Å². The number of aliphatic carboxylic acids is 1. The molecule has 16 nitrogen and oxygen atoms in total. The van der Waals surface area contributed by atoms with Crippen LogP contribution in [-0.2, 0) is 36.8 Å². The molecule has 0 aliphatic rings. The van der Waals surface area contributed by atoms with E-state index in [9.17, 15) is 34.2 Å². The van der Waals surface area contributed by atoms with Crippen molar-refractivity contribution in [2.24, 2.45) is 22.2 Å². The number of aliphatic hydroxyl groups is 1. The quantitative estimate of drug-likeness (QED) is 0.0409. The van der Waals surface area contributed by atoms with Crippen LogP contribution in [0, 0.1) is 0 Å². The van der Waals surface area contributed by atoms with E-state index < -0.39 is 66.9 Å². The highest BCUT2D eigenvalue weighted by Crippen LogP contribution is 2.19. The maximum atomic E-state index is 13.9. The molecule has 4 unspecified atom stereocenters. The van der Waals surface area contributed by atoms with Crippen molar-refractivity contribution in [3.63, 3.8) is 0 Å². The number of aromatic nitrogens is 1. The van der Waals surface area contributed by atoms with Crippen LogP contribution in [0.4, 0.5) is 0 Å². The van der Waals surface area contributed by atoms with Crippen molar-refractivity contribution < 1.29 is 34.2 Å². The van der Waals surface area contributed by atoms with Crippen LogP contribution in [0.2, 0.25) is 0 Å². The van der Waals surface area contributed by atoms with Gasteiger partial charge in [-0.05, 0) is 30.0 Å². The number of aromatic amines is 1. The number of nitrogens with one attached hydrogen (secondary N) is 5. The molecule has 16 heteroatoms. The summed E-state index contributed by atoms with van der Waals surface area (Å²) in [7, 11) is 0. The fourth-order valence-electron chi connectivity index (χ4n) is 4.81. The molecule has 0 aliphatic heterocycles. The molecule has 252 valence electrons. The number of hydrogen-bond acceptors (Lipinski definition) is 8. The van der Waals surface area contributed by atoms with Crippen molar-refractivity contribution in [3.8, 4) is 0 Å². The van der Waals surface area contributed by atoms with Gasteiger partial charge in [0.1, 0.15) is 24.2 Å². The number of aliphatic hydroxyl groups excluding tert-OH is 1. The van der Waals surface area contributed by atoms with Crippen LogP contribution in [0.1, 0.15) is 24.0 Å². The Bertz CT molecular complexity index is 1560. The van der Waals surface area contributed by atoms with Crippen LogP contribution in [0.25, 0.3) is 10.9 Å². The van der Waals surface area contributed by atoms with Gasteiger partial charge in [-0.3, -0.25) is 24.2 Å². The van der Waals surface area contributed by atoms with Gasteiger partial charge in [-0.25, -0.2) is 4.79 Å². The first kappa shape index (κ1) is 36.0. The van der Waals surface area contributed by atoms with E-state index in [4.69, 9.17) is 17.2 Å². The number of nitrogens with zero attached hydrogens (tertiary/aromatic N) is 1. The van der Waals surface area contributed by atoms with Crippen LogP contribution in [0.15, 0.2) is 65.8 Å². The van der Waals surface area contributed by atoms with Gasteiger partial charge in [-0.15, -0.1) is 0 Å². The largest absolute Gasteiger partial charge is 0.480 e. The monoisotopic (exact) mass is 651 g/mol. The molecule has 3 rings (SSSR count). The molecule has 0 fully saturated rings. The minimum Gasteiger partial charge on any atom is -0.480 e. The number of carbonyl (C=O) groups excluding carboxylic acids is 4. The maximum Gasteiger partial charge on any atom is 0.326 e. The van der Waals surface area contributed by atoms with E-state index in [0.29, 0.717) is 11.1 Å². The van der Waals surface area contributed by atoms with Gasteiger partial charge in [-0.1, -0.05) is 48.5 Å². The molecule has 1 heterocycles. The topological polar surface area (TPSA) is 280 Å². The smallest absolute Gasteiger partial charge is 0.326 e. The molecule has 2 aromatic carbocycles. The number of carbonyl (C=O) groups is 5. The summed E-state index contributed by atoms with van der Waals surface area (Å²) in [6, 6.07) is 10.8. The van der Waals surface area contributed by atoms with Gasteiger partial charge in [0.15, 0.2) is 5.96 Å². The summed E-state index contributed by atoms with van der Waals surface area (Å²) in [6.07, 6.45) is 1.92. The predicted octanol–water partition coefficient (Wildman–Crippen LogP) is -2.02. The lowest BCUT2D eigenvalue weighted by molar-refractivity contribution is -0.142. The zero-order valence-electron chi connectivity index (χ0n) is 25.6. The predicted molar refractivity (Wildman–Crippen MR) is 174 cm³/mol. The number of fused-ring (bicyclic) bond motifs is 1. The number of para-hydroxylation sites is 1. The summed E-state index contributed by atoms with van der Waals surface area (Å²) in [5.41, 5.74) is 18.1. The Morgan fingerprint density at radius 1 is 0.787 bits per heavy atom. The highest BCUT2D eigenvalue weighted by molar-refractivity contribution is 5.96. The van der Waals surface area contributed by atoms with Gasteiger partial charge in [-0.2, -0.15) is 0 Å². The van der Waals surface area contributed by atoms with Crippen LogP contribution >= 0.6 is 0 Å². The van der Waals surface area contributed by atoms with Gasteiger partial charge >= 0.3 is 5.97 Å². The standard InChI is InChI=1S/C31H41N9O7/c32-15-26(42)37-25(17-41)29(45)40-24(14-19-16-36-21-10-5-4-9-20(19)21)28(44)39-23(13-18-7-2-1-3-8-18)27(43)38-22(30(46)47)11-6-12-35-31(33)34/h1-5,7-10,16,22-25,36,41H,6,11-15,17,32H2,(H,37,42)(H,38,43)(H,39,44)(H,40,45)(H,46,47)(H4,33,34,35). The number of carboxylic acid groups (broad SMARTS) is 1. The molecule has 3 aromatic rings. The second-order valence-electron chi connectivity index (χ2n) is 10.7. The van der Waals surface area contributed by atoms with E-state index in [2.05, 4.69) is 31.2 Å². The first-order valence-corrected chi connectivity index (χ1v) is 14.9. The van der Waals surface area contributed by atoms with Crippen molar-refractivity contribution in [2.75, 3.05) is 19.7 Å². The second kappa shape index (κ2) is 17.9. The average Bonchev–Trinajstić information content (AvgIpc) is 3.46. The highest BCUT2D eigenvalue weighted by atomic mass is 16.4. The van der Waals surface area contributed by atoms with Gasteiger partial charge in [0, 0.05) is 36.5 Å². The summed E-state index contributed by atoms with van der Waals surface area (Å²) in [5, 5.41) is 30.3. The van der Waals surface area contributed by atoms with Gasteiger partial charge in [0.2, 0.25) is 23.6 Å². The number of nitrogens with two attached hydrogens (primary N) is 3. The Labute approximate surface area is 270 Å². The van der Waals surface area contributed by atoms with Crippen LogP contribution in [0.3, 0.4) is 0 Å². The number of hydrogen-bond donors (Lipinski definition) is 10. The molecule has 0 radical (unpaired) electrons. The van der Waals surface area contributed by atoms with Crippen molar-refractivity contribution in [3.05, 3.63) is 71.9 Å². The second-order valence-corrected chi connectivity index (χ2v) is 10.7. The van der Waals surface area contributed by atoms with Gasteiger partial charge in [0.05, 0.1) is 13.2 Å². The Hall–Kier alpha value is -5.48. The number of guanidine groups is 1. The number of aliphatic imine (C=N–C) groups is 1. The zero-order chi connectivity index (χ0) is 34.3. The van der Waals surface area contributed by atoms with Gasteiger partial charge in [0.25, 0.3) is 0 Å². The lowest BCUT2D eigenvalue weighted by Crippen LogP contribution is -2.59. The molecular weight excluding hydrogens is 610 g/mol. The molecule has 4 amide bonds. The first-order valence-electron chi connectivity index (χ1n) is 14.9. The fourth-order valence-corrected chi connectivity index (χ4v) is 4.81. The zero-order valence-corrected chi connectivity index (χ0v) is 25.6. The Balaban J connectivity index is 1.88. The van der Waals surface area contributed by atoms with Crippen molar-refractivity contribution in [1.82, 2.24) is 26.3 Å². The van der Waals surface area contributed by atoms with Crippen LogP contribution in [0.5, 0.6) is 0 Å². The number of benzene rings is 2. The normalized spacial score (nSPS) is 13.4. The Morgan fingerprint density at radius 3 is 2.00 bits per heavy atom. The van der Waals surface area contributed by atoms with E-state index in [0.717, 1.165) is 10.9 Å². The minimum absolute atomic E-state index is 0.00166. The van der Waals surface area contributed by atoms with Gasteiger partial charge < -0.3 is 53.7 Å². The summed E-state index contributed by atoms with van der Waals surface area (Å²) < 4.78 is 0. The van der Waals surface area contributed by atoms with Crippen LogP contribution in [-0.4, -0.2) is 94.6 Å². The Kier molecular flexibility index (Phi) is 13.7. The van der Waals surface area contributed by atoms with E-state index in [1.165, 1.54) is 0 Å². The molecule has 1 aromatic heterocycles. The molecular formula is C31H41N9O7. The SMILES string of the molecule is NCC(=O)NC(CO)C(=O)NC(Cc1c[nH]c2ccccc12)C(=O)NC(Cc1ccccc1)C(=O)NC(CCCN=C(N)N)C(=O)O. The van der Waals surface area contributed by atoms with E-state index >= 15 is 0 Å². The lowest BCUT2D eigenvalue weighted by atomic mass is 10.0. The summed E-state index contributed by atoms with van der Waals surface area (Å²) >= 11 is 0. The molecule has 4 atom stereocenters. The third-order valence-corrected chi connectivity index (χ3v) is 7.23. The van der Waals surface area contributed by atoms with Crippen LogP contribution < -0.4 is 38.5 Å². The molecule has 0 saturated heterocycles. The highest BCUT2D eigenvalue weighted by Gasteiger charge is 2.32. The third kappa shape index (κ3) is 11.1. The molecule has 0 spiro atoms. The van der Waals surface area contributed by atoms with E-state index in [1.807, 2.05) is 24.3 Å². The number of amides is 4. The number of carboxylic acids is 1. The van der Waals surface area contributed by atoms with Crippen molar-refractivity contribution in [1.29, 1.82) is 0 Å². The first-order chi connectivity index (χ1) is 22.5. The Morgan fingerprint density at radius 2 is 1.38 bits per heavy atom. The fraction of sp³-hybridized carbons (Fsp3) is 0.355. The molecule has 47 heavy (non-hydrogen) atoms. The van der Waals surface area contributed by atoms with E-state index in [1.54, 1.807) is 36.5 Å². The lowest BCUT2D eigenvalue weighted by Gasteiger charge is -2.26. The summed E-state index contributed by atoms with van der Waals surface area (Å²) in [4.78, 5) is 71.3. The molecule has 0 aliphatic carbocycles.